The Morgan fingerprint density at radius 3 is 2.94 bits per heavy atom. The van der Waals surface area contributed by atoms with E-state index in [1.807, 2.05) is 35.1 Å². The van der Waals surface area contributed by atoms with Crippen molar-refractivity contribution < 1.29 is 4.74 Å². The fourth-order valence-electron chi connectivity index (χ4n) is 1.68. The molecule has 0 aliphatic rings. The summed E-state index contributed by atoms with van der Waals surface area (Å²) >= 11 is 0. The topological polar surface area (TPSA) is 53.1 Å². The van der Waals surface area contributed by atoms with Gasteiger partial charge in [0.05, 0.1) is 12.8 Å². The maximum absolute atomic E-state index is 5.60. The quantitative estimate of drug-likeness (QED) is 0.841. The van der Waals surface area contributed by atoms with Crippen molar-refractivity contribution in [3.05, 3.63) is 42.2 Å². The third kappa shape index (κ3) is 2.06. The molecule has 0 aliphatic carbocycles. The summed E-state index contributed by atoms with van der Waals surface area (Å²) in [6, 6.07) is 7.83. The van der Waals surface area contributed by atoms with Gasteiger partial charge in [-0.15, -0.1) is 0 Å². The zero-order valence-corrected chi connectivity index (χ0v) is 9.26. The van der Waals surface area contributed by atoms with Gasteiger partial charge in [-0.25, -0.2) is 4.68 Å². The van der Waals surface area contributed by atoms with Gasteiger partial charge in [0.1, 0.15) is 5.75 Å². The highest BCUT2D eigenvalue weighted by Gasteiger charge is 2.05. The maximum Gasteiger partial charge on any atom is 0.119 e. The second-order valence-corrected chi connectivity index (χ2v) is 3.48. The third-order valence-electron chi connectivity index (χ3n) is 2.45. The smallest absolute Gasteiger partial charge is 0.119 e. The summed E-state index contributed by atoms with van der Waals surface area (Å²) in [6.45, 7) is 0.613. The van der Waals surface area contributed by atoms with Crippen LogP contribution in [-0.4, -0.2) is 23.4 Å². The summed E-state index contributed by atoms with van der Waals surface area (Å²) in [4.78, 5) is 0. The van der Waals surface area contributed by atoms with Gasteiger partial charge in [0.2, 0.25) is 0 Å². The molecule has 2 N–H and O–H groups in total. The van der Waals surface area contributed by atoms with Crippen LogP contribution in [0.15, 0.2) is 36.7 Å². The van der Waals surface area contributed by atoms with Crippen LogP contribution in [0, 0.1) is 0 Å². The monoisotopic (exact) mass is 217 g/mol. The fourth-order valence-corrected chi connectivity index (χ4v) is 1.68. The Hall–Kier alpha value is -1.81. The predicted molar refractivity (Wildman–Crippen MR) is 62.9 cm³/mol. The Morgan fingerprint density at radius 2 is 2.31 bits per heavy atom. The number of nitrogens with zero attached hydrogens (tertiary/aromatic N) is 2. The molecule has 2 aromatic rings. The molecule has 1 aromatic carbocycles. The molecule has 2 rings (SSSR count). The lowest BCUT2D eigenvalue weighted by Crippen LogP contribution is -2.07. The SMILES string of the molecule is COc1ccc(-n2cccn2)c(CCN)c1. The minimum Gasteiger partial charge on any atom is -0.497 e. The molecule has 0 saturated heterocycles. The minimum absolute atomic E-state index is 0.613. The van der Waals surface area contributed by atoms with E-state index in [1.54, 1.807) is 13.3 Å². The van der Waals surface area contributed by atoms with Crippen LogP contribution in [0.25, 0.3) is 5.69 Å². The minimum atomic E-state index is 0.613. The highest BCUT2D eigenvalue weighted by Crippen LogP contribution is 2.20. The van der Waals surface area contributed by atoms with E-state index in [2.05, 4.69) is 5.10 Å². The van der Waals surface area contributed by atoms with Crippen LogP contribution in [0.1, 0.15) is 5.56 Å². The number of methoxy groups -OCH3 is 1. The van der Waals surface area contributed by atoms with E-state index in [0.717, 1.165) is 23.4 Å². The first-order chi connectivity index (χ1) is 7.85. The van der Waals surface area contributed by atoms with Crippen LogP contribution < -0.4 is 10.5 Å². The first-order valence-electron chi connectivity index (χ1n) is 5.22. The van der Waals surface area contributed by atoms with Crippen molar-refractivity contribution in [1.29, 1.82) is 0 Å². The number of nitrogens with two attached hydrogens (primary N) is 1. The van der Waals surface area contributed by atoms with Gasteiger partial charge in [0.15, 0.2) is 0 Å². The number of ether oxygens (including phenoxy) is 1. The normalized spacial score (nSPS) is 10.4. The highest BCUT2D eigenvalue weighted by molar-refractivity contribution is 5.45. The molecule has 0 spiro atoms. The zero-order valence-electron chi connectivity index (χ0n) is 9.26. The van der Waals surface area contributed by atoms with Gasteiger partial charge in [-0.1, -0.05) is 0 Å². The predicted octanol–water partition coefficient (Wildman–Crippen LogP) is 1.38. The van der Waals surface area contributed by atoms with E-state index in [9.17, 15) is 0 Å². The summed E-state index contributed by atoms with van der Waals surface area (Å²) < 4.78 is 7.04. The largest absolute Gasteiger partial charge is 0.497 e. The van der Waals surface area contributed by atoms with Gasteiger partial charge in [-0.3, -0.25) is 0 Å². The van der Waals surface area contributed by atoms with Gasteiger partial charge in [0.25, 0.3) is 0 Å². The zero-order chi connectivity index (χ0) is 11.4. The first kappa shape index (κ1) is 10.7. The van der Waals surface area contributed by atoms with Crippen molar-refractivity contribution in [3.8, 4) is 11.4 Å². The van der Waals surface area contributed by atoms with Crippen molar-refractivity contribution in [1.82, 2.24) is 9.78 Å². The fraction of sp³-hybridized carbons (Fsp3) is 0.250. The Bertz CT molecular complexity index is 451. The van der Waals surface area contributed by atoms with Gasteiger partial charge in [0, 0.05) is 12.4 Å². The van der Waals surface area contributed by atoms with Crippen molar-refractivity contribution in [2.45, 2.75) is 6.42 Å². The van der Waals surface area contributed by atoms with Crippen LogP contribution in [0.5, 0.6) is 5.75 Å². The Balaban J connectivity index is 2.44. The van der Waals surface area contributed by atoms with Gasteiger partial charge in [-0.05, 0) is 42.8 Å². The molecule has 1 heterocycles. The average Bonchev–Trinajstić information content (AvgIpc) is 2.83. The number of hydrogen-bond donors (Lipinski definition) is 1. The Kier molecular flexibility index (Phi) is 3.22. The van der Waals surface area contributed by atoms with Gasteiger partial charge in [-0.2, -0.15) is 5.10 Å². The van der Waals surface area contributed by atoms with Gasteiger partial charge < -0.3 is 10.5 Å². The average molecular weight is 217 g/mol. The number of hydrogen-bond acceptors (Lipinski definition) is 3. The van der Waals surface area contributed by atoms with Crippen LogP contribution in [0.2, 0.25) is 0 Å². The highest BCUT2D eigenvalue weighted by atomic mass is 16.5. The molecule has 0 radical (unpaired) electrons. The second-order valence-electron chi connectivity index (χ2n) is 3.48. The van der Waals surface area contributed by atoms with E-state index < -0.39 is 0 Å². The molecule has 4 nitrogen and oxygen atoms in total. The van der Waals surface area contributed by atoms with Crippen LogP contribution >= 0.6 is 0 Å². The summed E-state index contributed by atoms with van der Waals surface area (Å²) in [7, 11) is 1.66. The molecule has 0 aliphatic heterocycles. The molecule has 84 valence electrons. The summed E-state index contributed by atoms with van der Waals surface area (Å²) in [5.74, 6) is 0.847. The lowest BCUT2D eigenvalue weighted by molar-refractivity contribution is 0.414. The molecule has 0 amide bonds. The molecule has 4 heteroatoms. The molecule has 0 fully saturated rings. The number of rotatable bonds is 4. The van der Waals surface area contributed by atoms with Crippen molar-refractivity contribution >= 4 is 0 Å². The van der Waals surface area contributed by atoms with Crippen molar-refractivity contribution in [2.24, 2.45) is 5.73 Å². The summed E-state index contributed by atoms with van der Waals surface area (Å²) in [5.41, 5.74) is 7.80. The maximum atomic E-state index is 5.60. The Labute approximate surface area is 94.6 Å². The molecule has 0 saturated carbocycles. The van der Waals surface area contributed by atoms with E-state index in [1.165, 1.54) is 0 Å². The molecular formula is C12H15N3O. The first-order valence-corrected chi connectivity index (χ1v) is 5.22. The lowest BCUT2D eigenvalue weighted by Gasteiger charge is -2.10. The van der Waals surface area contributed by atoms with E-state index in [0.29, 0.717) is 6.54 Å². The molecular weight excluding hydrogens is 202 g/mol. The summed E-state index contributed by atoms with van der Waals surface area (Å²) in [5, 5.41) is 4.22. The number of aromatic nitrogens is 2. The molecule has 1 aromatic heterocycles. The van der Waals surface area contributed by atoms with Crippen LogP contribution in [0.4, 0.5) is 0 Å². The summed E-state index contributed by atoms with van der Waals surface area (Å²) in [6.07, 6.45) is 4.49. The van der Waals surface area contributed by atoms with E-state index in [4.69, 9.17) is 10.5 Å². The second kappa shape index (κ2) is 4.81. The lowest BCUT2D eigenvalue weighted by atomic mass is 10.1. The molecule has 0 bridgehead atoms. The molecule has 0 atom stereocenters. The Morgan fingerprint density at radius 1 is 1.44 bits per heavy atom. The van der Waals surface area contributed by atoms with Gasteiger partial charge >= 0.3 is 0 Å². The third-order valence-corrected chi connectivity index (χ3v) is 2.45. The number of benzene rings is 1. The van der Waals surface area contributed by atoms with E-state index in [-0.39, 0.29) is 0 Å². The van der Waals surface area contributed by atoms with Crippen molar-refractivity contribution in [2.75, 3.05) is 13.7 Å². The van der Waals surface area contributed by atoms with E-state index >= 15 is 0 Å². The van der Waals surface area contributed by atoms with Crippen LogP contribution in [-0.2, 0) is 6.42 Å². The molecule has 16 heavy (non-hydrogen) atoms. The standard InChI is InChI=1S/C12H15N3O/c1-16-11-3-4-12(10(9-11)5-6-13)15-8-2-7-14-15/h2-4,7-9H,5-6,13H2,1H3. The van der Waals surface area contributed by atoms with Crippen LogP contribution in [0.3, 0.4) is 0 Å². The molecule has 0 unspecified atom stereocenters. The van der Waals surface area contributed by atoms with Crippen molar-refractivity contribution in [3.63, 3.8) is 0 Å².